The van der Waals surface area contributed by atoms with Crippen LogP contribution in [-0.2, 0) is 0 Å². The fourth-order valence-corrected chi connectivity index (χ4v) is 2.10. The first-order valence-corrected chi connectivity index (χ1v) is 7.26. The van der Waals surface area contributed by atoms with Crippen molar-refractivity contribution in [1.82, 2.24) is 0 Å². The molecule has 0 fully saturated rings. The number of hydrogen-bond donors (Lipinski definition) is 1. The van der Waals surface area contributed by atoms with Crippen LogP contribution < -0.4 is 10.1 Å². The van der Waals surface area contributed by atoms with Crippen LogP contribution >= 0.6 is 0 Å². The van der Waals surface area contributed by atoms with E-state index in [4.69, 9.17) is 0 Å². The van der Waals surface area contributed by atoms with E-state index in [9.17, 15) is 47.9 Å². The normalized spacial score (nSPS) is 11.2. The van der Waals surface area contributed by atoms with Crippen molar-refractivity contribution in [2.45, 2.75) is 12.5 Å². The molecule has 0 spiro atoms. The van der Waals surface area contributed by atoms with Gasteiger partial charge < -0.3 is 10.1 Å². The van der Waals surface area contributed by atoms with Gasteiger partial charge in [-0.1, -0.05) is 12.1 Å². The van der Waals surface area contributed by atoms with Crippen molar-refractivity contribution in [2.24, 2.45) is 0 Å². The molecule has 0 unspecified atom stereocenters. The maximum Gasteiger partial charge on any atom is 0.461 e. The van der Waals surface area contributed by atoms with Crippen molar-refractivity contribution >= 4 is 28.4 Å². The maximum atomic E-state index is 13.2. The summed E-state index contributed by atoms with van der Waals surface area (Å²) in [5.74, 6) is -0.903. The monoisotopic (exact) mass is 420 g/mol. The summed E-state index contributed by atoms with van der Waals surface area (Å²) in [4.78, 5) is 29.9. The third-order valence-corrected chi connectivity index (χ3v) is 3.33. The Hall–Kier alpha value is -4.04. The summed E-state index contributed by atoms with van der Waals surface area (Å²) in [6.45, 7) is 0. The first-order valence-electron chi connectivity index (χ1n) is 7.26. The van der Waals surface area contributed by atoms with E-state index in [2.05, 4.69) is 10.1 Å². The molecule has 0 saturated carbocycles. The van der Waals surface area contributed by atoms with Crippen LogP contribution in [0.1, 0.15) is 0 Å². The van der Waals surface area contributed by atoms with Crippen molar-refractivity contribution < 1.29 is 37.1 Å². The maximum absolute atomic E-state index is 13.2. The van der Waals surface area contributed by atoms with Gasteiger partial charge >= 0.3 is 23.9 Å². The van der Waals surface area contributed by atoms with Crippen molar-refractivity contribution in [3.8, 4) is 5.75 Å². The molecule has 1 N–H and O–H groups in total. The minimum absolute atomic E-state index is 0.409. The van der Waals surface area contributed by atoms with Crippen LogP contribution in [0.5, 0.6) is 5.75 Å². The van der Waals surface area contributed by atoms with Gasteiger partial charge in [-0.05, 0) is 12.1 Å². The van der Waals surface area contributed by atoms with Crippen molar-refractivity contribution in [2.75, 3.05) is 5.32 Å². The molecule has 0 aliphatic heterocycles. The van der Waals surface area contributed by atoms with Crippen LogP contribution in [0.15, 0.2) is 36.4 Å². The highest BCUT2D eigenvalue weighted by Gasteiger charge is 2.44. The van der Waals surface area contributed by atoms with Gasteiger partial charge in [-0.3, -0.25) is 30.3 Å². The summed E-state index contributed by atoms with van der Waals surface area (Å²) < 4.78 is 55.1. The molecule has 0 bridgehead atoms. The van der Waals surface area contributed by atoms with Gasteiger partial charge in [-0.15, -0.1) is 0 Å². The van der Waals surface area contributed by atoms with E-state index in [1.54, 1.807) is 0 Å². The zero-order valence-corrected chi connectivity index (χ0v) is 13.8. The lowest BCUT2D eigenvalue weighted by molar-refractivity contribution is -0.401. The number of nitrogens with one attached hydrogen (secondary N) is 1. The predicted molar refractivity (Wildman–Crippen MR) is 87.7 cm³/mol. The molecule has 2 aromatic carbocycles. The highest BCUT2D eigenvalue weighted by molar-refractivity contribution is 5.82. The summed E-state index contributed by atoms with van der Waals surface area (Å²) in [6.07, 6.45) is -9.14. The summed E-state index contributed by atoms with van der Waals surface area (Å²) in [5, 5.41) is 35.4. The molecule has 0 aliphatic rings. The number of nitro benzene ring substituents is 3. The van der Waals surface area contributed by atoms with E-state index >= 15 is 0 Å². The first-order chi connectivity index (χ1) is 13.4. The lowest BCUT2D eigenvalue weighted by Gasteiger charge is -2.19. The zero-order valence-electron chi connectivity index (χ0n) is 13.8. The number of hydrogen-bond acceptors (Lipinski definition) is 8. The summed E-state index contributed by atoms with van der Waals surface area (Å²) in [5.41, 5.74) is -4.68. The SMILES string of the molecule is O=[N+]([O-])c1cc([N+](=O)[O-])c(Nc2ccccc2OC(F)(F)C(F)F)c([N+](=O)[O-])c1. The summed E-state index contributed by atoms with van der Waals surface area (Å²) in [6, 6.07) is 4.89. The molecule has 0 heterocycles. The molecule has 29 heavy (non-hydrogen) atoms. The van der Waals surface area contributed by atoms with Gasteiger partial charge in [-0.25, -0.2) is 0 Å². The molecule has 0 aliphatic carbocycles. The van der Waals surface area contributed by atoms with E-state index in [1.807, 2.05) is 0 Å². The van der Waals surface area contributed by atoms with Crippen LogP contribution in [0.4, 0.5) is 46.0 Å². The minimum atomic E-state index is -4.93. The van der Waals surface area contributed by atoms with Gasteiger partial charge in [0, 0.05) is 0 Å². The molecule has 0 aromatic heterocycles. The van der Waals surface area contributed by atoms with Crippen LogP contribution in [0.3, 0.4) is 0 Å². The Labute approximate surface area is 157 Å². The molecule has 154 valence electrons. The Morgan fingerprint density at radius 1 is 0.931 bits per heavy atom. The Kier molecular flexibility index (Phi) is 5.80. The number of para-hydroxylation sites is 2. The van der Waals surface area contributed by atoms with E-state index in [1.165, 1.54) is 6.07 Å². The highest BCUT2D eigenvalue weighted by atomic mass is 19.3. The molecule has 0 atom stereocenters. The largest absolute Gasteiger partial charge is 0.461 e. The van der Waals surface area contributed by atoms with Crippen LogP contribution in [0, 0.1) is 30.3 Å². The molecule has 11 nitrogen and oxygen atoms in total. The summed E-state index contributed by atoms with van der Waals surface area (Å²) in [7, 11) is 0. The number of non-ortho nitro benzene ring substituents is 1. The fourth-order valence-electron chi connectivity index (χ4n) is 2.10. The molecule has 15 heteroatoms. The second kappa shape index (κ2) is 7.91. The second-order valence-electron chi connectivity index (χ2n) is 5.22. The van der Waals surface area contributed by atoms with Gasteiger partial charge in [0.1, 0.15) is 5.75 Å². The van der Waals surface area contributed by atoms with E-state index in [0.29, 0.717) is 12.1 Å². The van der Waals surface area contributed by atoms with E-state index in [-0.39, 0.29) is 0 Å². The van der Waals surface area contributed by atoms with E-state index < -0.39 is 61.5 Å². The zero-order chi connectivity index (χ0) is 21.9. The number of nitro groups is 3. The Bertz CT molecular complexity index is 951. The quantitative estimate of drug-likeness (QED) is 0.375. The Balaban J connectivity index is 2.62. The average Bonchev–Trinajstić information content (AvgIpc) is 2.62. The Morgan fingerprint density at radius 3 is 1.90 bits per heavy atom. The van der Waals surface area contributed by atoms with Gasteiger partial charge in [0.2, 0.25) is 0 Å². The summed E-state index contributed by atoms with van der Waals surface area (Å²) >= 11 is 0. The molecule has 2 aromatic rings. The van der Waals surface area contributed by atoms with Gasteiger partial charge in [0.25, 0.3) is 5.69 Å². The Morgan fingerprint density at radius 2 is 1.45 bits per heavy atom. The molecular formula is C14H8F4N4O7. The lowest BCUT2D eigenvalue weighted by atomic mass is 10.2. The number of alkyl halides is 4. The number of anilines is 2. The molecule has 2 rings (SSSR count). The number of rotatable bonds is 8. The van der Waals surface area contributed by atoms with Crippen LogP contribution in [-0.4, -0.2) is 27.3 Å². The predicted octanol–water partition coefficient (Wildman–Crippen LogP) is 4.39. The number of ether oxygens (including phenoxy) is 1. The smallest absolute Gasteiger partial charge is 0.426 e. The van der Waals surface area contributed by atoms with Crippen molar-refractivity contribution in [1.29, 1.82) is 0 Å². The molecule has 0 amide bonds. The van der Waals surface area contributed by atoms with Crippen molar-refractivity contribution in [3.05, 3.63) is 66.7 Å². The lowest BCUT2D eigenvalue weighted by Crippen LogP contribution is -2.33. The van der Waals surface area contributed by atoms with Gasteiger partial charge in [0.15, 0.2) is 5.69 Å². The number of halogens is 4. The van der Waals surface area contributed by atoms with Crippen LogP contribution in [0.25, 0.3) is 0 Å². The van der Waals surface area contributed by atoms with Crippen LogP contribution in [0.2, 0.25) is 0 Å². The minimum Gasteiger partial charge on any atom is -0.426 e. The second-order valence-corrected chi connectivity index (χ2v) is 5.22. The highest BCUT2D eigenvalue weighted by Crippen LogP contribution is 2.42. The molecule has 0 radical (unpaired) electrons. The average molecular weight is 420 g/mol. The number of nitrogens with zero attached hydrogens (tertiary/aromatic N) is 3. The first kappa shape index (κ1) is 21.3. The third kappa shape index (κ3) is 4.63. The molecule has 0 saturated heterocycles. The molecular weight excluding hydrogens is 412 g/mol. The number of benzene rings is 2. The topological polar surface area (TPSA) is 151 Å². The fraction of sp³-hybridized carbons (Fsp3) is 0.143. The van der Waals surface area contributed by atoms with Gasteiger partial charge in [-0.2, -0.15) is 17.6 Å². The van der Waals surface area contributed by atoms with E-state index in [0.717, 1.165) is 18.2 Å². The van der Waals surface area contributed by atoms with Gasteiger partial charge in [0.05, 0.1) is 32.6 Å². The van der Waals surface area contributed by atoms with Crippen molar-refractivity contribution in [3.63, 3.8) is 0 Å². The third-order valence-electron chi connectivity index (χ3n) is 3.33. The standard InChI is InChI=1S/C14H8F4N4O7/c15-13(16)14(17,18)29-11-4-2-1-3-8(11)19-12-9(21(25)26)5-7(20(23)24)6-10(12)22(27)28/h1-6,13,19H.